The van der Waals surface area contributed by atoms with Crippen LogP contribution in [0.4, 0.5) is 0 Å². The Hall–Kier alpha value is -1.39. The molecule has 0 aromatic heterocycles. The maximum absolute atomic E-state index is 11.5. The average Bonchev–Trinajstić information content (AvgIpc) is 2.87. The molecule has 0 aliphatic heterocycles. The van der Waals surface area contributed by atoms with E-state index in [0.717, 1.165) is 25.5 Å². The smallest absolute Gasteiger partial charge is 0.306 e. The van der Waals surface area contributed by atoms with Crippen LogP contribution >= 0.6 is 0 Å². The minimum absolute atomic E-state index is 0.0619. The molecule has 0 aromatic carbocycles. The zero-order valence-electron chi connectivity index (χ0n) is 13.2. The molecule has 1 aliphatic rings. The van der Waals surface area contributed by atoms with Gasteiger partial charge in [-0.25, -0.2) is 0 Å². The first-order valence-corrected chi connectivity index (χ1v) is 7.88. The van der Waals surface area contributed by atoms with Gasteiger partial charge in [0.1, 0.15) is 6.29 Å². The van der Waals surface area contributed by atoms with Crippen LogP contribution < -0.4 is 5.32 Å². The highest BCUT2D eigenvalue weighted by Crippen LogP contribution is 2.39. The molecule has 1 fully saturated rings. The molecule has 1 aliphatic carbocycles. The van der Waals surface area contributed by atoms with Crippen LogP contribution in [0.5, 0.6) is 0 Å². The van der Waals surface area contributed by atoms with Crippen LogP contribution in [0.2, 0.25) is 0 Å². The molecule has 1 rings (SSSR count). The third-order valence-electron chi connectivity index (χ3n) is 4.83. The number of carbonyl (C=O) groups is 3. The van der Waals surface area contributed by atoms with Crippen LogP contribution in [0.3, 0.4) is 0 Å². The van der Waals surface area contributed by atoms with Gasteiger partial charge in [0, 0.05) is 18.9 Å². The number of rotatable bonds is 8. The molecule has 0 radical (unpaired) electrons. The third-order valence-corrected chi connectivity index (χ3v) is 4.83. The first kappa shape index (κ1) is 17.7. The Morgan fingerprint density at radius 1 is 1.29 bits per heavy atom. The van der Waals surface area contributed by atoms with Crippen LogP contribution in [-0.2, 0) is 14.4 Å². The molecule has 0 heterocycles. The molecule has 1 saturated carbocycles. The summed E-state index contributed by atoms with van der Waals surface area (Å²) >= 11 is 0. The van der Waals surface area contributed by atoms with Gasteiger partial charge in [-0.2, -0.15) is 0 Å². The van der Waals surface area contributed by atoms with E-state index in [9.17, 15) is 19.5 Å². The second-order valence-electron chi connectivity index (χ2n) is 6.20. The second-order valence-corrected chi connectivity index (χ2v) is 6.20. The van der Waals surface area contributed by atoms with Gasteiger partial charge in [0.2, 0.25) is 5.91 Å². The standard InChI is InChI=1S/C16H27NO4/c1-4-11(5-2)6-15(17-10(3)19)14-8-12(16(20)21)7-13(14)9-18/h9,11-15H,4-8H2,1-3H3,(H,17,19)(H,20,21)/t12-,13-,14+,15-/m0/s1. The summed E-state index contributed by atoms with van der Waals surface area (Å²) in [5, 5.41) is 12.1. The predicted molar refractivity (Wildman–Crippen MR) is 79.7 cm³/mol. The molecule has 2 N–H and O–H groups in total. The number of hydrogen-bond acceptors (Lipinski definition) is 3. The fourth-order valence-electron chi connectivity index (χ4n) is 3.51. The van der Waals surface area contributed by atoms with Crippen molar-refractivity contribution < 1.29 is 19.5 Å². The van der Waals surface area contributed by atoms with E-state index in [-0.39, 0.29) is 23.8 Å². The highest BCUT2D eigenvalue weighted by molar-refractivity contribution is 5.74. The number of carboxylic acid groups (broad SMARTS) is 1. The Balaban J connectivity index is 2.87. The summed E-state index contributed by atoms with van der Waals surface area (Å²) in [6, 6.07) is -0.105. The lowest BCUT2D eigenvalue weighted by atomic mass is 9.82. The van der Waals surface area contributed by atoms with Gasteiger partial charge in [0.25, 0.3) is 0 Å². The molecule has 5 heteroatoms. The van der Waals surface area contributed by atoms with E-state index < -0.39 is 11.9 Å². The fraction of sp³-hybridized carbons (Fsp3) is 0.812. The van der Waals surface area contributed by atoms with Crippen molar-refractivity contribution in [2.45, 2.75) is 58.9 Å². The van der Waals surface area contributed by atoms with Crippen LogP contribution in [0.15, 0.2) is 0 Å². The molecule has 0 bridgehead atoms. The average molecular weight is 297 g/mol. The number of amides is 1. The van der Waals surface area contributed by atoms with E-state index in [1.807, 2.05) is 0 Å². The second kappa shape index (κ2) is 8.15. The van der Waals surface area contributed by atoms with Gasteiger partial charge in [-0.3, -0.25) is 9.59 Å². The van der Waals surface area contributed by atoms with Crippen molar-refractivity contribution in [3.8, 4) is 0 Å². The minimum Gasteiger partial charge on any atom is -0.481 e. The van der Waals surface area contributed by atoms with Gasteiger partial charge in [-0.15, -0.1) is 0 Å². The van der Waals surface area contributed by atoms with Crippen molar-refractivity contribution in [1.82, 2.24) is 5.32 Å². The Labute approximate surface area is 126 Å². The van der Waals surface area contributed by atoms with E-state index in [0.29, 0.717) is 18.8 Å². The van der Waals surface area contributed by atoms with Crippen molar-refractivity contribution in [2.24, 2.45) is 23.7 Å². The normalized spacial score (nSPS) is 26.6. The molecular formula is C16H27NO4. The summed E-state index contributed by atoms with van der Waals surface area (Å²) in [7, 11) is 0. The maximum Gasteiger partial charge on any atom is 0.306 e. The van der Waals surface area contributed by atoms with E-state index in [1.54, 1.807) is 0 Å². The summed E-state index contributed by atoms with van der Waals surface area (Å²) in [5.41, 5.74) is 0. The number of carboxylic acids is 1. The van der Waals surface area contributed by atoms with Crippen molar-refractivity contribution in [2.75, 3.05) is 0 Å². The highest BCUT2D eigenvalue weighted by Gasteiger charge is 2.42. The summed E-state index contributed by atoms with van der Waals surface area (Å²) in [6.45, 7) is 5.70. The van der Waals surface area contributed by atoms with Gasteiger partial charge in [0.05, 0.1) is 5.92 Å². The van der Waals surface area contributed by atoms with Crippen LogP contribution in [0, 0.1) is 23.7 Å². The quantitative estimate of drug-likeness (QED) is 0.673. The zero-order valence-corrected chi connectivity index (χ0v) is 13.2. The number of nitrogens with one attached hydrogen (secondary N) is 1. The van der Waals surface area contributed by atoms with Crippen molar-refractivity contribution in [3.63, 3.8) is 0 Å². The van der Waals surface area contributed by atoms with Crippen LogP contribution in [0.1, 0.15) is 52.9 Å². The number of aliphatic carboxylic acids is 1. The number of hydrogen-bond donors (Lipinski definition) is 2. The number of aldehydes is 1. The van der Waals surface area contributed by atoms with Gasteiger partial charge in [0.15, 0.2) is 0 Å². The molecule has 4 atom stereocenters. The summed E-state index contributed by atoms with van der Waals surface area (Å²) in [5.74, 6) is -1.27. The molecular weight excluding hydrogens is 270 g/mol. The molecule has 0 unspecified atom stereocenters. The predicted octanol–water partition coefficient (Wildman–Crippen LogP) is 2.24. The summed E-state index contributed by atoms with van der Waals surface area (Å²) in [4.78, 5) is 33.9. The monoisotopic (exact) mass is 297 g/mol. The summed E-state index contributed by atoms with van der Waals surface area (Å²) in [6.07, 6.45) is 4.59. The lowest BCUT2D eigenvalue weighted by Crippen LogP contribution is -2.42. The highest BCUT2D eigenvalue weighted by atomic mass is 16.4. The third kappa shape index (κ3) is 4.83. The Bertz CT molecular complexity index is 378. The van der Waals surface area contributed by atoms with Gasteiger partial charge < -0.3 is 15.2 Å². The van der Waals surface area contributed by atoms with Crippen molar-refractivity contribution >= 4 is 18.2 Å². The SMILES string of the molecule is CCC(CC)C[C@H](NC(C)=O)[C@@H]1C[C@@H](C(=O)O)C[C@H]1C=O. The zero-order chi connectivity index (χ0) is 16.0. The van der Waals surface area contributed by atoms with E-state index in [4.69, 9.17) is 0 Å². The minimum atomic E-state index is -0.839. The first-order valence-electron chi connectivity index (χ1n) is 7.88. The lowest BCUT2D eigenvalue weighted by molar-refractivity contribution is -0.141. The Morgan fingerprint density at radius 2 is 1.90 bits per heavy atom. The molecule has 1 amide bonds. The Kier molecular flexibility index (Phi) is 6.85. The van der Waals surface area contributed by atoms with Crippen molar-refractivity contribution in [1.29, 1.82) is 0 Å². The number of carbonyl (C=O) groups excluding carboxylic acids is 2. The first-order chi connectivity index (χ1) is 9.92. The summed E-state index contributed by atoms with van der Waals surface area (Å²) < 4.78 is 0. The van der Waals surface area contributed by atoms with Gasteiger partial charge >= 0.3 is 5.97 Å². The molecule has 120 valence electrons. The van der Waals surface area contributed by atoms with E-state index >= 15 is 0 Å². The van der Waals surface area contributed by atoms with Crippen LogP contribution in [0.25, 0.3) is 0 Å². The van der Waals surface area contributed by atoms with Crippen molar-refractivity contribution in [3.05, 3.63) is 0 Å². The van der Waals surface area contributed by atoms with Crippen LogP contribution in [-0.4, -0.2) is 29.3 Å². The lowest BCUT2D eigenvalue weighted by Gasteiger charge is -2.30. The molecule has 0 spiro atoms. The Morgan fingerprint density at radius 3 is 2.33 bits per heavy atom. The van der Waals surface area contributed by atoms with E-state index in [1.165, 1.54) is 6.92 Å². The molecule has 0 aromatic rings. The largest absolute Gasteiger partial charge is 0.481 e. The fourth-order valence-corrected chi connectivity index (χ4v) is 3.51. The van der Waals surface area contributed by atoms with E-state index in [2.05, 4.69) is 19.2 Å². The maximum atomic E-state index is 11.5. The molecule has 0 saturated heterocycles. The van der Waals surface area contributed by atoms with Gasteiger partial charge in [-0.05, 0) is 31.1 Å². The molecule has 5 nitrogen and oxygen atoms in total. The molecule has 21 heavy (non-hydrogen) atoms. The topological polar surface area (TPSA) is 83.5 Å². The van der Waals surface area contributed by atoms with Gasteiger partial charge in [-0.1, -0.05) is 26.7 Å².